The first kappa shape index (κ1) is 14.2. The Kier molecular flexibility index (Phi) is 4.66. The summed E-state index contributed by atoms with van der Waals surface area (Å²) in [5.74, 6) is 0.446. The van der Waals surface area contributed by atoms with Crippen LogP contribution in [-0.4, -0.2) is 37.5 Å². The fourth-order valence-electron chi connectivity index (χ4n) is 2.34. The highest BCUT2D eigenvalue weighted by atomic mass is 35.5. The number of halogens is 1. The van der Waals surface area contributed by atoms with Gasteiger partial charge in [-0.15, -0.1) is 0 Å². The molecule has 1 amide bonds. The molecule has 1 saturated heterocycles. The normalized spacial score (nSPS) is 17.4. The molecule has 1 heterocycles. The standard InChI is InChI=1S/C14H20ClN3O/c1-18-6-4-10(5-7-18)9-17-14(19)12-3-2-11(15)8-13(12)16/h2-3,8,10H,4-7,9,16H2,1H3,(H,17,19). The van der Waals surface area contributed by atoms with Crippen molar-refractivity contribution in [1.29, 1.82) is 0 Å². The van der Waals surface area contributed by atoms with Crippen LogP contribution in [0, 0.1) is 5.92 Å². The Bertz CT molecular complexity index is 456. The van der Waals surface area contributed by atoms with Crippen molar-refractivity contribution in [2.24, 2.45) is 5.92 Å². The average Bonchev–Trinajstić information content (AvgIpc) is 2.37. The van der Waals surface area contributed by atoms with E-state index < -0.39 is 0 Å². The fourth-order valence-corrected chi connectivity index (χ4v) is 2.52. The molecule has 2 rings (SSSR count). The lowest BCUT2D eigenvalue weighted by Gasteiger charge is -2.28. The third kappa shape index (κ3) is 3.85. The minimum absolute atomic E-state index is 0.118. The van der Waals surface area contributed by atoms with Gasteiger partial charge in [0.05, 0.1) is 5.56 Å². The number of rotatable bonds is 3. The van der Waals surface area contributed by atoms with Crippen LogP contribution in [0.5, 0.6) is 0 Å². The summed E-state index contributed by atoms with van der Waals surface area (Å²) in [4.78, 5) is 14.4. The summed E-state index contributed by atoms with van der Waals surface area (Å²) in [7, 11) is 2.13. The van der Waals surface area contributed by atoms with E-state index in [-0.39, 0.29) is 5.91 Å². The number of nitrogens with zero attached hydrogens (tertiary/aromatic N) is 1. The second-order valence-electron chi connectivity index (χ2n) is 5.19. The Labute approximate surface area is 118 Å². The van der Waals surface area contributed by atoms with E-state index in [0.29, 0.717) is 22.2 Å². The minimum atomic E-state index is -0.118. The lowest BCUT2D eigenvalue weighted by Crippen LogP contribution is -2.37. The van der Waals surface area contributed by atoms with Gasteiger partial charge >= 0.3 is 0 Å². The molecule has 0 aromatic heterocycles. The van der Waals surface area contributed by atoms with E-state index >= 15 is 0 Å². The van der Waals surface area contributed by atoms with Crippen molar-refractivity contribution < 1.29 is 4.79 Å². The van der Waals surface area contributed by atoms with E-state index in [1.807, 2.05) is 0 Å². The van der Waals surface area contributed by atoms with Crippen LogP contribution in [0.3, 0.4) is 0 Å². The van der Waals surface area contributed by atoms with Crippen molar-refractivity contribution >= 4 is 23.2 Å². The number of anilines is 1. The molecule has 3 N–H and O–H groups in total. The number of piperidine rings is 1. The van der Waals surface area contributed by atoms with Crippen molar-refractivity contribution in [1.82, 2.24) is 10.2 Å². The zero-order chi connectivity index (χ0) is 13.8. The quantitative estimate of drug-likeness (QED) is 0.833. The molecule has 4 nitrogen and oxygen atoms in total. The van der Waals surface area contributed by atoms with Crippen LogP contribution in [0.4, 0.5) is 5.69 Å². The highest BCUT2D eigenvalue weighted by Gasteiger charge is 2.18. The minimum Gasteiger partial charge on any atom is -0.398 e. The number of hydrogen-bond acceptors (Lipinski definition) is 3. The fraction of sp³-hybridized carbons (Fsp3) is 0.500. The van der Waals surface area contributed by atoms with Gasteiger partial charge in [-0.2, -0.15) is 0 Å². The molecule has 1 aliphatic rings. The summed E-state index contributed by atoms with van der Waals surface area (Å²) in [5, 5.41) is 3.51. The maximum atomic E-state index is 12.0. The van der Waals surface area contributed by atoms with E-state index in [2.05, 4.69) is 17.3 Å². The van der Waals surface area contributed by atoms with Crippen molar-refractivity contribution in [2.75, 3.05) is 32.4 Å². The van der Waals surface area contributed by atoms with Crippen LogP contribution in [0.15, 0.2) is 18.2 Å². The van der Waals surface area contributed by atoms with E-state index in [1.165, 1.54) is 0 Å². The number of nitrogens with one attached hydrogen (secondary N) is 1. The highest BCUT2D eigenvalue weighted by molar-refractivity contribution is 6.31. The van der Waals surface area contributed by atoms with Crippen molar-refractivity contribution in [3.63, 3.8) is 0 Å². The number of nitrogen functional groups attached to an aromatic ring is 1. The molecule has 19 heavy (non-hydrogen) atoms. The van der Waals surface area contributed by atoms with Gasteiger partial charge in [0.25, 0.3) is 5.91 Å². The largest absolute Gasteiger partial charge is 0.398 e. The summed E-state index contributed by atoms with van der Waals surface area (Å²) in [6, 6.07) is 4.95. The summed E-state index contributed by atoms with van der Waals surface area (Å²) < 4.78 is 0. The lowest BCUT2D eigenvalue weighted by molar-refractivity contribution is 0.0940. The molecule has 0 saturated carbocycles. The summed E-state index contributed by atoms with van der Waals surface area (Å²) in [6.07, 6.45) is 2.26. The molecule has 0 radical (unpaired) electrons. The van der Waals surface area contributed by atoms with Crippen molar-refractivity contribution in [2.45, 2.75) is 12.8 Å². The predicted octanol–water partition coefficient (Wildman–Crippen LogP) is 1.99. The van der Waals surface area contributed by atoms with Crippen LogP contribution < -0.4 is 11.1 Å². The SMILES string of the molecule is CN1CCC(CNC(=O)c2ccc(Cl)cc2N)CC1. The molecule has 104 valence electrons. The zero-order valence-corrected chi connectivity index (χ0v) is 11.9. The molecule has 1 aromatic carbocycles. The number of hydrogen-bond donors (Lipinski definition) is 2. The van der Waals surface area contributed by atoms with Gasteiger partial charge in [-0.05, 0) is 57.1 Å². The third-order valence-electron chi connectivity index (χ3n) is 3.65. The maximum Gasteiger partial charge on any atom is 0.253 e. The molecule has 1 fully saturated rings. The Morgan fingerprint density at radius 2 is 2.16 bits per heavy atom. The first-order valence-corrected chi connectivity index (χ1v) is 6.96. The van der Waals surface area contributed by atoms with Gasteiger partial charge in [0.1, 0.15) is 0 Å². The summed E-state index contributed by atoms with van der Waals surface area (Å²) in [6.45, 7) is 2.92. The molecule has 1 aromatic rings. The van der Waals surface area contributed by atoms with Gasteiger partial charge in [0, 0.05) is 17.3 Å². The Morgan fingerprint density at radius 1 is 1.47 bits per heavy atom. The van der Waals surface area contributed by atoms with Crippen molar-refractivity contribution in [3.8, 4) is 0 Å². The molecule has 0 bridgehead atoms. The van der Waals surface area contributed by atoms with Gasteiger partial charge in [0.15, 0.2) is 0 Å². The molecule has 0 unspecified atom stereocenters. The molecular formula is C14H20ClN3O. The second-order valence-corrected chi connectivity index (χ2v) is 5.62. The number of carbonyl (C=O) groups is 1. The predicted molar refractivity (Wildman–Crippen MR) is 78.4 cm³/mol. The van der Waals surface area contributed by atoms with Gasteiger partial charge in [-0.25, -0.2) is 0 Å². The van der Waals surface area contributed by atoms with Crippen molar-refractivity contribution in [3.05, 3.63) is 28.8 Å². The molecule has 0 atom stereocenters. The van der Waals surface area contributed by atoms with E-state index in [4.69, 9.17) is 17.3 Å². The van der Waals surface area contributed by atoms with Gasteiger partial charge in [-0.1, -0.05) is 11.6 Å². The topological polar surface area (TPSA) is 58.4 Å². The van der Waals surface area contributed by atoms with Gasteiger partial charge < -0.3 is 16.0 Å². The summed E-state index contributed by atoms with van der Waals surface area (Å²) in [5.41, 5.74) is 6.72. The molecule has 1 aliphatic heterocycles. The third-order valence-corrected chi connectivity index (χ3v) is 3.88. The molecule has 0 spiro atoms. The van der Waals surface area contributed by atoms with E-state index in [9.17, 15) is 4.79 Å². The first-order valence-electron chi connectivity index (χ1n) is 6.58. The highest BCUT2D eigenvalue weighted by Crippen LogP contribution is 2.19. The van der Waals surface area contributed by atoms with Crippen LogP contribution in [0.2, 0.25) is 5.02 Å². The summed E-state index contributed by atoms with van der Waals surface area (Å²) >= 11 is 5.82. The van der Waals surface area contributed by atoms with Crippen LogP contribution in [-0.2, 0) is 0 Å². The Morgan fingerprint density at radius 3 is 2.79 bits per heavy atom. The molecular weight excluding hydrogens is 262 g/mol. The maximum absolute atomic E-state index is 12.0. The van der Waals surface area contributed by atoms with E-state index in [1.54, 1.807) is 18.2 Å². The number of carbonyl (C=O) groups excluding carboxylic acids is 1. The number of amides is 1. The van der Waals surface area contributed by atoms with Crippen LogP contribution >= 0.6 is 11.6 Å². The first-order chi connectivity index (χ1) is 9.06. The Balaban J connectivity index is 1.87. The van der Waals surface area contributed by atoms with Gasteiger partial charge in [0.2, 0.25) is 0 Å². The lowest BCUT2D eigenvalue weighted by atomic mass is 9.97. The average molecular weight is 282 g/mol. The Hall–Kier alpha value is -1.26. The zero-order valence-electron chi connectivity index (χ0n) is 11.2. The van der Waals surface area contributed by atoms with Crippen LogP contribution in [0.25, 0.3) is 0 Å². The monoisotopic (exact) mass is 281 g/mol. The van der Waals surface area contributed by atoms with E-state index in [0.717, 1.165) is 32.5 Å². The number of benzene rings is 1. The molecule has 0 aliphatic carbocycles. The number of likely N-dealkylation sites (tertiary alicyclic amines) is 1. The number of nitrogens with two attached hydrogens (primary N) is 1. The smallest absolute Gasteiger partial charge is 0.253 e. The molecule has 5 heteroatoms. The second kappa shape index (κ2) is 6.26. The van der Waals surface area contributed by atoms with Gasteiger partial charge in [-0.3, -0.25) is 4.79 Å². The van der Waals surface area contributed by atoms with Crippen LogP contribution in [0.1, 0.15) is 23.2 Å².